The highest BCUT2D eigenvalue weighted by molar-refractivity contribution is 5.59. The lowest BCUT2D eigenvalue weighted by Crippen LogP contribution is -2.22. The number of aromatic nitrogens is 3. The number of hydrogen-bond acceptors (Lipinski definition) is 4. The molecule has 3 heterocycles. The summed E-state index contributed by atoms with van der Waals surface area (Å²) in [6.45, 7) is 1.08. The van der Waals surface area contributed by atoms with Crippen LogP contribution in [0.1, 0.15) is 12.8 Å². The van der Waals surface area contributed by atoms with Gasteiger partial charge in [-0.2, -0.15) is 0 Å². The molecule has 1 saturated heterocycles. The number of hydrogen-bond donors (Lipinski definition) is 1. The molecule has 2 aromatic rings. The van der Waals surface area contributed by atoms with Crippen LogP contribution in [0.4, 0.5) is 24.9 Å². The van der Waals surface area contributed by atoms with E-state index in [9.17, 15) is 13.2 Å². The molecule has 8 heteroatoms. The maximum absolute atomic E-state index is 13.8. The van der Waals surface area contributed by atoms with Gasteiger partial charge in [-0.05, 0) is 12.3 Å². The highest BCUT2D eigenvalue weighted by atomic mass is 19.3. The van der Waals surface area contributed by atoms with E-state index in [1.54, 1.807) is 0 Å². The second-order valence-corrected chi connectivity index (χ2v) is 4.99. The molecule has 1 aliphatic rings. The molecule has 1 aliphatic heterocycles. The fourth-order valence-electron chi connectivity index (χ4n) is 2.66. The third-order valence-corrected chi connectivity index (χ3v) is 3.59. The predicted octanol–water partition coefficient (Wildman–Crippen LogP) is 1.93. The normalized spacial score (nSPS) is 19.4. The lowest BCUT2D eigenvalue weighted by Gasteiger charge is -2.17. The Morgan fingerprint density at radius 2 is 2.25 bits per heavy atom. The summed E-state index contributed by atoms with van der Waals surface area (Å²) in [4.78, 5) is 5.61. The summed E-state index contributed by atoms with van der Waals surface area (Å²) >= 11 is 0. The molecule has 2 N–H and O–H groups in total. The van der Waals surface area contributed by atoms with Crippen LogP contribution in [0.2, 0.25) is 0 Å². The maximum atomic E-state index is 13.8. The van der Waals surface area contributed by atoms with E-state index in [1.807, 2.05) is 4.90 Å². The minimum Gasteiger partial charge on any atom is -0.367 e. The first-order chi connectivity index (χ1) is 9.54. The van der Waals surface area contributed by atoms with Crippen LogP contribution >= 0.6 is 0 Å². The lowest BCUT2D eigenvalue weighted by molar-refractivity contribution is 0.118. The molecule has 0 radical (unpaired) electrons. The molecule has 0 amide bonds. The Hall–Kier alpha value is -1.99. The SMILES string of the molecule is Nc1ncc2c(F)cc(N3CCC(CC(F)F)C3)n2n1. The first-order valence-electron chi connectivity index (χ1n) is 6.37. The van der Waals surface area contributed by atoms with Crippen LogP contribution in [-0.2, 0) is 0 Å². The van der Waals surface area contributed by atoms with Crippen LogP contribution in [0.25, 0.3) is 5.52 Å². The Bertz CT molecular complexity index is 627. The third-order valence-electron chi connectivity index (χ3n) is 3.59. The zero-order valence-corrected chi connectivity index (χ0v) is 10.6. The molecule has 1 atom stereocenters. The molecule has 1 fully saturated rings. The fraction of sp³-hybridized carbons (Fsp3) is 0.500. The fourth-order valence-corrected chi connectivity index (χ4v) is 2.66. The van der Waals surface area contributed by atoms with Gasteiger partial charge in [0.2, 0.25) is 12.4 Å². The summed E-state index contributed by atoms with van der Waals surface area (Å²) in [7, 11) is 0. The van der Waals surface area contributed by atoms with Crippen molar-refractivity contribution in [2.75, 3.05) is 23.7 Å². The van der Waals surface area contributed by atoms with Crippen molar-refractivity contribution in [1.82, 2.24) is 14.6 Å². The average molecular weight is 285 g/mol. The first-order valence-corrected chi connectivity index (χ1v) is 6.37. The van der Waals surface area contributed by atoms with Gasteiger partial charge in [0.05, 0.1) is 6.20 Å². The molecule has 0 spiro atoms. The number of nitrogens with zero attached hydrogens (tertiary/aromatic N) is 4. The molecule has 0 aromatic carbocycles. The van der Waals surface area contributed by atoms with Gasteiger partial charge in [-0.3, -0.25) is 0 Å². The average Bonchev–Trinajstić information content (AvgIpc) is 2.94. The topological polar surface area (TPSA) is 59.5 Å². The number of nitrogens with two attached hydrogens (primary N) is 1. The standard InChI is InChI=1S/C12H14F3N5/c13-8-4-11(20-9(8)5-17-12(16)18-20)19-2-1-7(6-19)3-10(14)15/h4-5,7,10H,1-3,6H2,(H2,16,18). The van der Waals surface area contributed by atoms with E-state index in [-0.39, 0.29) is 23.8 Å². The lowest BCUT2D eigenvalue weighted by atomic mass is 10.1. The molecular formula is C12H14F3N5. The molecule has 0 bridgehead atoms. The quantitative estimate of drug-likeness (QED) is 0.936. The second kappa shape index (κ2) is 4.84. The minimum absolute atomic E-state index is 0.0395. The predicted molar refractivity (Wildman–Crippen MR) is 68.3 cm³/mol. The highest BCUT2D eigenvalue weighted by Crippen LogP contribution is 2.29. The summed E-state index contributed by atoms with van der Waals surface area (Å²) in [5.41, 5.74) is 5.74. The van der Waals surface area contributed by atoms with Crippen molar-refractivity contribution in [2.24, 2.45) is 5.92 Å². The van der Waals surface area contributed by atoms with Gasteiger partial charge in [-0.1, -0.05) is 0 Å². The van der Waals surface area contributed by atoms with E-state index in [4.69, 9.17) is 5.73 Å². The molecule has 5 nitrogen and oxygen atoms in total. The van der Waals surface area contributed by atoms with E-state index < -0.39 is 12.2 Å². The zero-order chi connectivity index (χ0) is 14.3. The molecule has 0 saturated carbocycles. The molecular weight excluding hydrogens is 271 g/mol. The highest BCUT2D eigenvalue weighted by Gasteiger charge is 2.28. The van der Waals surface area contributed by atoms with Gasteiger partial charge >= 0.3 is 0 Å². The Kier molecular flexibility index (Phi) is 3.15. The van der Waals surface area contributed by atoms with E-state index in [1.165, 1.54) is 16.8 Å². The Morgan fingerprint density at radius 3 is 3.00 bits per heavy atom. The van der Waals surface area contributed by atoms with Crippen LogP contribution < -0.4 is 10.6 Å². The van der Waals surface area contributed by atoms with Crippen LogP contribution in [0, 0.1) is 11.7 Å². The molecule has 2 aromatic heterocycles. The van der Waals surface area contributed by atoms with E-state index >= 15 is 0 Å². The van der Waals surface area contributed by atoms with E-state index in [0.29, 0.717) is 25.3 Å². The van der Waals surface area contributed by atoms with Crippen molar-refractivity contribution in [3.8, 4) is 0 Å². The molecule has 0 aliphatic carbocycles. The van der Waals surface area contributed by atoms with Gasteiger partial charge in [0.1, 0.15) is 11.3 Å². The van der Waals surface area contributed by atoms with Crippen molar-refractivity contribution in [1.29, 1.82) is 0 Å². The molecule has 20 heavy (non-hydrogen) atoms. The number of nitrogen functional groups attached to an aromatic ring is 1. The number of rotatable bonds is 3. The minimum atomic E-state index is -2.31. The Morgan fingerprint density at radius 1 is 1.45 bits per heavy atom. The summed E-state index contributed by atoms with van der Waals surface area (Å²) in [6, 6.07) is 1.34. The third kappa shape index (κ3) is 2.25. The summed E-state index contributed by atoms with van der Waals surface area (Å²) < 4.78 is 40.0. The summed E-state index contributed by atoms with van der Waals surface area (Å²) in [5.74, 6) is 0.0427. The van der Waals surface area contributed by atoms with Crippen molar-refractivity contribution in [2.45, 2.75) is 19.3 Å². The van der Waals surface area contributed by atoms with E-state index in [0.717, 1.165) is 0 Å². The van der Waals surface area contributed by atoms with Crippen LogP contribution in [0.15, 0.2) is 12.3 Å². The van der Waals surface area contributed by atoms with Gasteiger partial charge < -0.3 is 10.6 Å². The zero-order valence-electron chi connectivity index (χ0n) is 10.6. The van der Waals surface area contributed by atoms with E-state index in [2.05, 4.69) is 10.1 Å². The van der Waals surface area contributed by atoms with Crippen molar-refractivity contribution >= 4 is 17.3 Å². The maximum Gasteiger partial charge on any atom is 0.239 e. The van der Waals surface area contributed by atoms with Crippen molar-refractivity contribution in [3.05, 3.63) is 18.1 Å². The van der Waals surface area contributed by atoms with Gasteiger partial charge in [0, 0.05) is 25.6 Å². The number of fused-ring (bicyclic) bond motifs is 1. The monoisotopic (exact) mass is 285 g/mol. The molecule has 3 rings (SSSR count). The van der Waals surface area contributed by atoms with Crippen LogP contribution in [0.5, 0.6) is 0 Å². The Balaban J connectivity index is 1.89. The smallest absolute Gasteiger partial charge is 0.239 e. The van der Waals surface area contributed by atoms with Gasteiger partial charge in [-0.15, -0.1) is 5.10 Å². The molecule has 108 valence electrons. The number of alkyl halides is 2. The Labute approximate surface area is 113 Å². The first kappa shape index (κ1) is 13.0. The van der Waals surface area contributed by atoms with Crippen molar-refractivity contribution in [3.63, 3.8) is 0 Å². The number of halogens is 3. The van der Waals surface area contributed by atoms with Gasteiger partial charge in [0.15, 0.2) is 5.82 Å². The van der Waals surface area contributed by atoms with Crippen LogP contribution in [-0.4, -0.2) is 34.1 Å². The van der Waals surface area contributed by atoms with Gasteiger partial charge in [0.25, 0.3) is 0 Å². The largest absolute Gasteiger partial charge is 0.367 e. The molecule has 1 unspecified atom stereocenters. The second-order valence-electron chi connectivity index (χ2n) is 4.99. The number of anilines is 2. The summed E-state index contributed by atoms with van der Waals surface area (Å²) in [6.07, 6.45) is -0.453. The van der Waals surface area contributed by atoms with Crippen LogP contribution in [0.3, 0.4) is 0 Å². The van der Waals surface area contributed by atoms with Crippen molar-refractivity contribution < 1.29 is 13.2 Å². The summed E-state index contributed by atoms with van der Waals surface area (Å²) in [5, 5.41) is 3.98. The van der Waals surface area contributed by atoms with Gasteiger partial charge in [-0.25, -0.2) is 22.7 Å².